The lowest BCUT2D eigenvalue weighted by molar-refractivity contribution is 0.102. The number of carbonyl (C=O) groups is 1. The molecule has 2 aromatic rings. The first-order chi connectivity index (χ1) is 11.2. The molecule has 0 unspecified atom stereocenters. The number of hydrogen-bond acceptors (Lipinski definition) is 6. The molecule has 130 valence electrons. The first-order valence-electron chi connectivity index (χ1n) is 7.35. The average Bonchev–Trinajstić information content (AvgIpc) is 2.98. The molecule has 0 bridgehead atoms. The monoisotopic (exact) mass is 368 g/mol. The van der Waals surface area contributed by atoms with Gasteiger partial charge in [-0.1, -0.05) is 25.2 Å². The van der Waals surface area contributed by atoms with E-state index in [1.54, 1.807) is 19.9 Å². The molecule has 9 heteroatoms. The van der Waals surface area contributed by atoms with Crippen LogP contribution < -0.4 is 10.0 Å². The van der Waals surface area contributed by atoms with Crippen molar-refractivity contribution in [2.24, 2.45) is 0 Å². The summed E-state index contributed by atoms with van der Waals surface area (Å²) in [7, 11) is -2.30. The fourth-order valence-corrected chi connectivity index (χ4v) is 3.84. The van der Waals surface area contributed by atoms with Crippen LogP contribution in [0.2, 0.25) is 0 Å². The molecule has 0 saturated carbocycles. The van der Waals surface area contributed by atoms with E-state index in [4.69, 9.17) is 0 Å². The molecule has 0 saturated heterocycles. The molecule has 24 heavy (non-hydrogen) atoms. The molecule has 7 nitrogen and oxygen atoms in total. The van der Waals surface area contributed by atoms with Gasteiger partial charge in [0.05, 0.1) is 4.90 Å². The summed E-state index contributed by atoms with van der Waals surface area (Å²) >= 11 is 1.30. The summed E-state index contributed by atoms with van der Waals surface area (Å²) in [6.45, 7) is 7.46. The highest BCUT2D eigenvalue weighted by atomic mass is 32.2. The number of aryl methyl sites for hydroxylation is 1. The predicted octanol–water partition coefficient (Wildman–Crippen LogP) is 2.44. The van der Waals surface area contributed by atoms with E-state index in [0.29, 0.717) is 10.7 Å². The third kappa shape index (κ3) is 3.80. The Kier molecular flexibility index (Phi) is 5.36. The molecule has 0 aliphatic heterocycles. The lowest BCUT2D eigenvalue weighted by Gasteiger charge is -2.11. The molecule has 1 aromatic carbocycles. The summed E-state index contributed by atoms with van der Waals surface area (Å²) in [6.07, 6.45) is 0. The van der Waals surface area contributed by atoms with Crippen LogP contribution in [0.5, 0.6) is 0 Å². The highest BCUT2D eigenvalue weighted by Crippen LogP contribution is 2.24. The molecular formula is C15H20N4O3S2. The maximum absolute atomic E-state index is 12.4. The fraction of sp³-hybridized carbons (Fsp3) is 0.400. The predicted molar refractivity (Wildman–Crippen MR) is 94.1 cm³/mol. The Morgan fingerprint density at radius 2 is 1.88 bits per heavy atom. The van der Waals surface area contributed by atoms with Crippen LogP contribution in [-0.4, -0.2) is 31.6 Å². The smallest absolute Gasteiger partial charge is 0.257 e. The molecule has 0 spiro atoms. The molecule has 2 N–H and O–H groups in total. The van der Waals surface area contributed by atoms with Gasteiger partial charge >= 0.3 is 0 Å². The summed E-state index contributed by atoms with van der Waals surface area (Å²) in [4.78, 5) is 12.5. The Bertz CT molecular complexity index is 873. The van der Waals surface area contributed by atoms with Gasteiger partial charge in [-0.2, -0.15) is 0 Å². The molecule has 0 aliphatic carbocycles. The normalized spacial score (nSPS) is 11.8. The van der Waals surface area contributed by atoms with Crippen molar-refractivity contribution in [3.63, 3.8) is 0 Å². The largest absolute Gasteiger partial charge is 0.296 e. The van der Waals surface area contributed by atoms with Gasteiger partial charge in [-0.25, -0.2) is 13.1 Å². The van der Waals surface area contributed by atoms with Gasteiger partial charge in [0.1, 0.15) is 5.01 Å². The summed E-state index contributed by atoms with van der Waals surface area (Å²) in [6, 6.07) is 3.03. The van der Waals surface area contributed by atoms with Gasteiger partial charge in [-0.3, -0.25) is 10.1 Å². The number of anilines is 1. The van der Waals surface area contributed by atoms with Crippen molar-refractivity contribution in [3.8, 4) is 0 Å². The van der Waals surface area contributed by atoms with Gasteiger partial charge in [0.15, 0.2) is 0 Å². The molecule has 1 amide bonds. The van der Waals surface area contributed by atoms with E-state index >= 15 is 0 Å². The zero-order valence-electron chi connectivity index (χ0n) is 14.2. The van der Waals surface area contributed by atoms with Crippen LogP contribution in [0.1, 0.15) is 46.3 Å². The van der Waals surface area contributed by atoms with Crippen LogP contribution in [0.15, 0.2) is 17.0 Å². The van der Waals surface area contributed by atoms with Crippen LogP contribution in [-0.2, 0) is 10.0 Å². The zero-order valence-corrected chi connectivity index (χ0v) is 15.8. The van der Waals surface area contributed by atoms with E-state index < -0.39 is 15.9 Å². The third-order valence-electron chi connectivity index (χ3n) is 3.60. The lowest BCUT2D eigenvalue weighted by Crippen LogP contribution is -2.21. The van der Waals surface area contributed by atoms with Gasteiger partial charge in [0.25, 0.3) is 5.91 Å². The van der Waals surface area contributed by atoms with Gasteiger partial charge in [-0.15, -0.1) is 10.2 Å². The first kappa shape index (κ1) is 18.5. The second-order valence-electron chi connectivity index (χ2n) is 5.68. The standard InChI is InChI=1S/C15H20N4O3S2/c1-8(2)14-18-19-15(23-14)17-13(20)11-6-9(3)10(4)12(7-11)24(21,22)16-5/h6-8,16H,1-5H3,(H,17,19,20). The Balaban J connectivity index is 2.36. The maximum Gasteiger partial charge on any atom is 0.257 e. The van der Waals surface area contributed by atoms with Crippen molar-refractivity contribution >= 4 is 32.4 Å². The Labute approximate surface area is 145 Å². The molecule has 1 heterocycles. The van der Waals surface area contributed by atoms with Gasteiger partial charge in [0.2, 0.25) is 15.2 Å². The molecule has 0 aliphatic rings. The van der Waals surface area contributed by atoms with E-state index in [9.17, 15) is 13.2 Å². The summed E-state index contributed by atoms with van der Waals surface area (Å²) < 4.78 is 26.5. The lowest BCUT2D eigenvalue weighted by atomic mass is 10.1. The van der Waals surface area contributed by atoms with E-state index in [0.717, 1.165) is 10.6 Å². The fourth-order valence-electron chi connectivity index (χ4n) is 2.03. The van der Waals surface area contributed by atoms with Crippen molar-refractivity contribution in [3.05, 3.63) is 33.8 Å². The zero-order chi connectivity index (χ0) is 18.1. The number of nitrogens with one attached hydrogen (secondary N) is 2. The summed E-state index contributed by atoms with van der Waals surface area (Å²) in [5.41, 5.74) is 1.59. The maximum atomic E-state index is 12.4. The van der Waals surface area contributed by atoms with E-state index in [2.05, 4.69) is 20.2 Å². The number of amides is 1. The summed E-state index contributed by atoms with van der Waals surface area (Å²) in [5, 5.41) is 11.8. The highest BCUT2D eigenvalue weighted by Gasteiger charge is 2.20. The molecule has 0 radical (unpaired) electrons. The number of sulfonamides is 1. The van der Waals surface area contributed by atoms with Crippen molar-refractivity contribution < 1.29 is 13.2 Å². The van der Waals surface area contributed by atoms with Gasteiger partial charge in [-0.05, 0) is 44.2 Å². The topological polar surface area (TPSA) is 101 Å². The summed E-state index contributed by atoms with van der Waals surface area (Å²) in [5.74, 6) is -0.195. The van der Waals surface area contributed by atoms with Crippen LogP contribution in [0.3, 0.4) is 0 Å². The molecular weight excluding hydrogens is 348 g/mol. The quantitative estimate of drug-likeness (QED) is 0.844. The Hall–Kier alpha value is -1.84. The van der Waals surface area contributed by atoms with Crippen molar-refractivity contribution in [2.45, 2.75) is 38.5 Å². The van der Waals surface area contributed by atoms with Crippen molar-refractivity contribution in [1.29, 1.82) is 0 Å². The van der Waals surface area contributed by atoms with Gasteiger partial charge in [0, 0.05) is 11.5 Å². The van der Waals surface area contributed by atoms with E-state index in [1.807, 2.05) is 13.8 Å². The minimum absolute atomic E-state index is 0.0929. The third-order valence-corrected chi connectivity index (χ3v) is 6.27. The first-order valence-corrected chi connectivity index (χ1v) is 9.65. The Morgan fingerprint density at radius 3 is 2.42 bits per heavy atom. The molecule has 2 rings (SSSR count). The van der Waals surface area contributed by atoms with Crippen LogP contribution >= 0.6 is 11.3 Å². The minimum Gasteiger partial charge on any atom is -0.296 e. The number of nitrogens with zero attached hydrogens (tertiary/aromatic N) is 2. The molecule has 0 fully saturated rings. The molecule has 1 aromatic heterocycles. The number of carbonyl (C=O) groups excluding carboxylic acids is 1. The van der Waals surface area contributed by atoms with Crippen molar-refractivity contribution in [1.82, 2.24) is 14.9 Å². The SMILES string of the molecule is CNS(=O)(=O)c1cc(C(=O)Nc2nnc(C(C)C)s2)cc(C)c1C. The number of rotatable bonds is 5. The van der Waals surface area contributed by atoms with Crippen LogP contribution in [0, 0.1) is 13.8 Å². The van der Waals surface area contributed by atoms with E-state index in [1.165, 1.54) is 24.5 Å². The van der Waals surface area contributed by atoms with E-state index in [-0.39, 0.29) is 16.4 Å². The van der Waals surface area contributed by atoms with Crippen molar-refractivity contribution in [2.75, 3.05) is 12.4 Å². The second-order valence-corrected chi connectivity index (χ2v) is 8.54. The second kappa shape index (κ2) is 6.96. The Morgan fingerprint density at radius 1 is 1.21 bits per heavy atom. The molecule has 0 atom stereocenters. The van der Waals surface area contributed by atoms with Crippen LogP contribution in [0.25, 0.3) is 0 Å². The average molecular weight is 368 g/mol. The minimum atomic E-state index is -3.64. The number of benzene rings is 1. The number of hydrogen-bond donors (Lipinski definition) is 2. The van der Waals surface area contributed by atoms with Crippen LogP contribution in [0.4, 0.5) is 5.13 Å². The highest BCUT2D eigenvalue weighted by molar-refractivity contribution is 7.89. The number of aromatic nitrogens is 2. The van der Waals surface area contributed by atoms with Gasteiger partial charge < -0.3 is 0 Å².